The van der Waals surface area contributed by atoms with E-state index in [9.17, 15) is 9.59 Å². The molecular formula is C30H21NO2. The number of Topliss-reactive ketones (excluding diaryl/α,β-unsaturated/α-hetero) is 2. The first-order chi connectivity index (χ1) is 16.2. The van der Waals surface area contributed by atoms with Crippen molar-refractivity contribution in [3.05, 3.63) is 131 Å². The van der Waals surface area contributed by atoms with E-state index in [0.29, 0.717) is 11.3 Å². The molecule has 33 heavy (non-hydrogen) atoms. The maximum Gasteiger partial charge on any atom is 0.199 e. The van der Waals surface area contributed by atoms with Gasteiger partial charge in [0.1, 0.15) is 0 Å². The number of allylic oxidation sites excluding steroid dienone is 1. The van der Waals surface area contributed by atoms with Crippen molar-refractivity contribution in [1.82, 2.24) is 4.90 Å². The highest BCUT2D eigenvalue weighted by Crippen LogP contribution is 2.44. The highest BCUT2D eigenvalue weighted by molar-refractivity contribution is 6.33. The van der Waals surface area contributed by atoms with Gasteiger partial charge in [0.2, 0.25) is 0 Å². The number of fused-ring (bicyclic) bond motifs is 4. The molecule has 4 aromatic rings. The average Bonchev–Trinajstić information content (AvgIpc) is 2.88. The summed E-state index contributed by atoms with van der Waals surface area (Å²) in [6.07, 6.45) is 4.33. The molecule has 0 fully saturated rings. The summed E-state index contributed by atoms with van der Waals surface area (Å²) < 4.78 is 0. The first kappa shape index (κ1) is 19.4. The van der Waals surface area contributed by atoms with Gasteiger partial charge in [-0.25, -0.2) is 0 Å². The molecule has 0 amide bonds. The van der Waals surface area contributed by atoms with Crippen LogP contribution in [0.15, 0.2) is 109 Å². The molecule has 4 aromatic carbocycles. The summed E-state index contributed by atoms with van der Waals surface area (Å²) >= 11 is 0. The van der Waals surface area contributed by atoms with Crippen LogP contribution in [-0.4, -0.2) is 16.5 Å². The molecule has 2 aliphatic heterocycles. The van der Waals surface area contributed by atoms with E-state index in [4.69, 9.17) is 0 Å². The zero-order chi connectivity index (χ0) is 22.4. The van der Waals surface area contributed by atoms with Crippen LogP contribution in [0.1, 0.15) is 39.5 Å². The minimum absolute atomic E-state index is 0.113. The summed E-state index contributed by atoms with van der Waals surface area (Å²) in [5, 5.41) is 1.85. The molecule has 0 aromatic heterocycles. The Kier molecular flexibility index (Phi) is 4.55. The fraction of sp³-hybridized carbons (Fsp3) is 0.0667. The molecule has 0 bridgehead atoms. The summed E-state index contributed by atoms with van der Waals surface area (Å²) in [7, 11) is 0. The van der Waals surface area contributed by atoms with Crippen molar-refractivity contribution in [3.8, 4) is 0 Å². The number of nitrogens with zero attached hydrogens (tertiary/aromatic N) is 1. The van der Waals surface area contributed by atoms with Crippen LogP contribution in [0.5, 0.6) is 0 Å². The molecule has 1 atom stereocenters. The molecule has 0 aliphatic carbocycles. The van der Waals surface area contributed by atoms with Crippen LogP contribution in [-0.2, 0) is 4.79 Å². The lowest BCUT2D eigenvalue weighted by Crippen LogP contribution is -2.35. The first-order valence-electron chi connectivity index (χ1n) is 11.1. The largest absolute Gasteiger partial charge is 0.339 e. The Labute approximate surface area is 192 Å². The Morgan fingerprint density at radius 1 is 0.788 bits per heavy atom. The molecule has 2 heterocycles. The molecule has 2 aliphatic rings. The number of carbonyl (C=O) groups is 2. The molecule has 0 radical (unpaired) electrons. The lowest BCUT2D eigenvalue weighted by molar-refractivity contribution is -0.116. The van der Waals surface area contributed by atoms with Gasteiger partial charge in [0.25, 0.3) is 0 Å². The molecule has 1 unspecified atom stereocenters. The predicted molar refractivity (Wildman–Crippen MR) is 131 cm³/mol. The van der Waals surface area contributed by atoms with Crippen molar-refractivity contribution in [2.24, 2.45) is 0 Å². The molecule has 0 N–H and O–H groups in total. The van der Waals surface area contributed by atoms with Gasteiger partial charge in [-0.1, -0.05) is 97.1 Å². The smallest absolute Gasteiger partial charge is 0.199 e. The molecule has 0 spiro atoms. The molecular weight excluding hydrogens is 406 g/mol. The number of hydrogen-bond donors (Lipinski definition) is 0. The fourth-order valence-electron chi connectivity index (χ4n) is 5.01. The van der Waals surface area contributed by atoms with Crippen LogP contribution in [0, 0.1) is 0 Å². The second-order valence-electron chi connectivity index (χ2n) is 8.44. The van der Waals surface area contributed by atoms with E-state index >= 15 is 0 Å². The Bertz CT molecular complexity index is 1470. The van der Waals surface area contributed by atoms with E-state index in [1.54, 1.807) is 0 Å². The van der Waals surface area contributed by atoms with Gasteiger partial charge in [-0.05, 0) is 28.0 Å². The zero-order valence-electron chi connectivity index (χ0n) is 17.9. The van der Waals surface area contributed by atoms with Crippen LogP contribution >= 0.6 is 0 Å². The summed E-state index contributed by atoms with van der Waals surface area (Å²) in [5.74, 6) is -0.327. The SMILES string of the molecule is O=C1CC(c2ccccc2)N2C=Cc3ccccc3C2=C1C(=O)c1cccc2ccccc12. The van der Waals surface area contributed by atoms with Gasteiger partial charge in [-0.15, -0.1) is 0 Å². The van der Waals surface area contributed by atoms with E-state index in [1.165, 1.54) is 0 Å². The molecule has 0 saturated heterocycles. The highest BCUT2D eigenvalue weighted by atomic mass is 16.1. The van der Waals surface area contributed by atoms with Crippen molar-refractivity contribution in [3.63, 3.8) is 0 Å². The second kappa shape index (κ2) is 7.72. The van der Waals surface area contributed by atoms with E-state index < -0.39 is 0 Å². The van der Waals surface area contributed by atoms with Gasteiger partial charge in [0, 0.05) is 23.7 Å². The fourth-order valence-corrected chi connectivity index (χ4v) is 5.01. The first-order valence-corrected chi connectivity index (χ1v) is 11.1. The maximum atomic E-state index is 14.0. The standard InChI is InChI=1S/C30H21NO2/c32-27-19-26(22-11-2-1-3-12-22)31-18-17-21-10-5-7-15-24(21)29(31)28(27)30(33)25-16-8-13-20-9-4-6-14-23(20)25/h1-18,26H,19H2. The van der Waals surface area contributed by atoms with E-state index in [2.05, 4.69) is 11.0 Å². The number of carbonyl (C=O) groups excluding carboxylic acids is 2. The maximum absolute atomic E-state index is 14.0. The third-order valence-corrected chi connectivity index (χ3v) is 6.56. The summed E-state index contributed by atoms with van der Waals surface area (Å²) in [5.41, 5.74) is 4.52. The van der Waals surface area contributed by atoms with Gasteiger partial charge in [-0.3, -0.25) is 9.59 Å². The lowest BCUT2D eigenvalue weighted by atomic mass is 9.82. The van der Waals surface area contributed by atoms with Crippen LogP contribution in [0.3, 0.4) is 0 Å². The van der Waals surface area contributed by atoms with Crippen molar-refractivity contribution >= 4 is 34.1 Å². The molecule has 6 rings (SSSR count). The monoisotopic (exact) mass is 427 g/mol. The van der Waals surface area contributed by atoms with Gasteiger partial charge >= 0.3 is 0 Å². The van der Waals surface area contributed by atoms with Crippen molar-refractivity contribution in [1.29, 1.82) is 0 Å². The predicted octanol–water partition coefficient (Wildman–Crippen LogP) is 6.43. The summed E-state index contributed by atoms with van der Waals surface area (Å²) in [6.45, 7) is 0. The number of benzene rings is 4. The number of ketones is 2. The van der Waals surface area contributed by atoms with Crippen LogP contribution in [0.4, 0.5) is 0 Å². The minimum Gasteiger partial charge on any atom is -0.339 e. The van der Waals surface area contributed by atoms with Gasteiger partial charge in [0.05, 0.1) is 17.3 Å². The zero-order valence-corrected chi connectivity index (χ0v) is 17.9. The van der Waals surface area contributed by atoms with E-state index in [0.717, 1.165) is 27.5 Å². The normalized spacial score (nSPS) is 17.2. The summed E-state index contributed by atoms with van der Waals surface area (Å²) in [6, 6.07) is 31.4. The van der Waals surface area contributed by atoms with Crippen LogP contribution in [0.25, 0.3) is 22.5 Å². The summed E-state index contributed by atoms with van der Waals surface area (Å²) in [4.78, 5) is 29.8. The molecule has 3 heteroatoms. The second-order valence-corrected chi connectivity index (χ2v) is 8.44. The lowest BCUT2D eigenvalue weighted by Gasteiger charge is -2.40. The van der Waals surface area contributed by atoms with Gasteiger partial charge in [-0.2, -0.15) is 0 Å². The Morgan fingerprint density at radius 3 is 2.39 bits per heavy atom. The van der Waals surface area contributed by atoms with Crippen LogP contribution in [0.2, 0.25) is 0 Å². The van der Waals surface area contributed by atoms with Crippen molar-refractivity contribution < 1.29 is 9.59 Å². The minimum atomic E-state index is -0.214. The average molecular weight is 428 g/mol. The number of hydrogen-bond acceptors (Lipinski definition) is 3. The molecule has 0 saturated carbocycles. The molecule has 158 valence electrons. The van der Waals surface area contributed by atoms with Gasteiger partial charge < -0.3 is 4.90 Å². The van der Waals surface area contributed by atoms with Crippen LogP contribution < -0.4 is 0 Å². The Morgan fingerprint density at radius 2 is 1.52 bits per heavy atom. The number of rotatable bonds is 3. The van der Waals surface area contributed by atoms with E-state index in [-0.39, 0.29) is 29.6 Å². The van der Waals surface area contributed by atoms with Gasteiger partial charge in [0.15, 0.2) is 11.6 Å². The Hall–Kier alpha value is -4.24. The quantitative estimate of drug-likeness (QED) is 0.279. The van der Waals surface area contributed by atoms with E-state index in [1.807, 2.05) is 103 Å². The van der Waals surface area contributed by atoms with Crippen molar-refractivity contribution in [2.45, 2.75) is 12.5 Å². The van der Waals surface area contributed by atoms with Crippen molar-refractivity contribution in [2.75, 3.05) is 0 Å². The Balaban J connectivity index is 1.59. The topological polar surface area (TPSA) is 37.4 Å². The molecule has 3 nitrogen and oxygen atoms in total. The third-order valence-electron chi connectivity index (χ3n) is 6.56. The highest BCUT2D eigenvalue weighted by Gasteiger charge is 2.39. The third kappa shape index (κ3) is 3.13.